The van der Waals surface area contributed by atoms with Gasteiger partial charge in [0.1, 0.15) is 5.82 Å². The van der Waals surface area contributed by atoms with Crippen LogP contribution in [0.3, 0.4) is 0 Å². The van der Waals surface area contributed by atoms with Crippen LogP contribution in [0.4, 0.5) is 0 Å². The molecule has 1 aromatic rings. The Kier molecular flexibility index (Phi) is 5.01. The van der Waals surface area contributed by atoms with Gasteiger partial charge in [-0.3, -0.25) is 0 Å². The van der Waals surface area contributed by atoms with Crippen molar-refractivity contribution in [2.45, 2.75) is 44.9 Å². The Morgan fingerprint density at radius 1 is 1.44 bits per heavy atom. The normalized spacial score (nSPS) is 15.3. The number of thioether (sulfide) groups is 1. The lowest BCUT2D eigenvalue weighted by atomic mass is 10.1. The molecular formula is C14H23N3S. The molecule has 1 aromatic heterocycles. The van der Waals surface area contributed by atoms with Crippen molar-refractivity contribution in [2.24, 2.45) is 5.92 Å². The molecule has 18 heavy (non-hydrogen) atoms. The molecule has 1 aliphatic carbocycles. The standard InChI is InChI=1S/C14H23N3S/c1-10(2)6-15-7-12-8-16-13(9-18-3)17-14(12)11-4-5-11/h8,10-11,15H,4-7,9H2,1-3H3. The summed E-state index contributed by atoms with van der Waals surface area (Å²) < 4.78 is 0. The number of nitrogens with one attached hydrogen (secondary N) is 1. The maximum absolute atomic E-state index is 4.75. The molecule has 0 spiro atoms. The summed E-state index contributed by atoms with van der Waals surface area (Å²) in [7, 11) is 0. The third-order valence-corrected chi connectivity index (χ3v) is 3.60. The predicted molar refractivity (Wildman–Crippen MR) is 77.8 cm³/mol. The van der Waals surface area contributed by atoms with E-state index >= 15 is 0 Å². The van der Waals surface area contributed by atoms with Crippen LogP contribution < -0.4 is 5.32 Å². The summed E-state index contributed by atoms with van der Waals surface area (Å²) in [4.78, 5) is 9.22. The first-order valence-corrected chi connectivity index (χ1v) is 8.14. The van der Waals surface area contributed by atoms with E-state index in [1.54, 1.807) is 11.8 Å². The molecule has 0 aromatic carbocycles. The van der Waals surface area contributed by atoms with Gasteiger partial charge in [0.2, 0.25) is 0 Å². The van der Waals surface area contributed by atoms with Gasteiger partial charge in [0.05, 0.1) is 11.4 Å². The Hall–Kier alpha value is -0.610. The van der Waals surface area contributed by atoms with E-state index in [0.29, 0.717) is 11.8 Å². The van der Waals surface area contributed by atoms with Crippen molar-refractivity contribution < 1.29 is 0 Å². The Morgan fingerprint density at radius 2 is 2.22 bits per heavy atom. The van der Waals surface area contributed by atoms with Gasteiger partial charge in [0, 0.05) is 24.2 Å². The summed E-state index contributed by atoms with van der Waals surface area (Å²) in [5.41, 5.74) is 2.59. The van der Waals surface area contributed by atoms with E-state index < -0.39 is 0 Å². The molecule has 0 unspecified atom stereocenters. The van der Waals surface area contributed by atoms with E-state index in [1.165, 1.54) is 24.1 Å². The molecule has 1 fully saturated rings. The Balaban J connectivity index is 2.03. The number of rotatable bonds is 7. The fourth-order valence-electron chi connectivity index (χ4n) is 2.00. The molecule has 1 saturated carbocycles. The lowest BCUT2D eigenvalue weighted by Gasteiger charge is -2.11. The second kappa shape index (κ2) is 6.53. The second-order valence-electron chi connectivity index (χ2n) is 5.43. The monoisotopic (exact) mass is 265 g/mol. The van der Waals surface area contributed by atoms with E-state index in [1.807, 2.05) is 6.20 Å². The van der Waals surface area contributed by atoms with Crippen LogP contribution in [-0.2, 0) is 12.3 Å². The third kappa shape index (κ3) is 3.95. The maximum Gasteiger partial charge on any atom is 0.138 e. The molecule has 0 aliphatic heterocycles. The van der Waals surface area contributed by atoms with E-state index in [2.05, 4.69) is 30.4 Å². The summed E-state index contributed by atoms with van der Waals surface area (Å²) >= 11 is 1.78. The summed E-state index contributed by atoms with van der Waals surface area (Å²) in [6, 6.07) is 0. The summed E-state index contributed by atoms with van der Waals surface area (Å²) in [5.74, 6) is 3.28. The molecule has 0 radical (unpaired) electrons. The van der Waals surface area contributed by atoms with E-state index in [0.717, 1.165) is 24.7 Å². The molecular weight excluding hydrogens is 242 g/mol. The van der Waals surface area contributed by atoms with Gasteiger partial charge in [0.25, 0.3) is 0 Å². The van der Waals surface area contributed by atoms with Crippen LogP contribution in [0.25, 0.3) is 0 Å². The second-order valence-corrected chi connectivity index (χ2v) is 6.29. The van der Waals surface area contributed by atoms with Crippen LogP contribution in [0, 0.1) is 5.92 Å². The molecule has 0 amide bonds. The minimum atomic E-state index is 0.686. The zero-order valence-electron chi connectivity index (χ0n) is 11.6. The summed E-state index contributed by atoms with van der Waals surface area (Å²) in [5, 5.41) is 3.49. The first kappa shape index (κ1) is 13.8. The first-order chi connectivity index (χ1) is 8.70. The van der Waals surface area contributed by atoms with Crippen molar-refractivity contribution in [3.63, 3.8) is 0 Å². The zero-order valence-corrected chi connectivity index (χ0v) is 12.4. The number of nitrogens with zero attached hydrogens (tertiary/aromatic N) is 2. The largest absolute Gasteiger partial charge is 0.312 e. The molecule has 0 saturated heterocycles. The predicted octanol–water partition coefficient (Wildman–Crippen LogP) is 2.96. The van der Waals surface area contributed by atoms with Crippen LogP contribution in [0.5, 0.6) is 0 Å². The van der Waals surface area contributed by atoms with Crippen LogP contribution in [-0.4, -0.2) is 22.8 Å². The average molecular weight is 265 g/mol. The zero-order chi connectivity index (χ0) is 13.0. The molecule has 100 valence electrons. The highest BCUT2D eigenvalue weighted by molar-refractivity contribution is 7.97. The number of hydrogen-bond acceptors (Lipinski definition) is 4. The van der Waals surface area contributed by atoms with Gasteiger partial charge in [0.15, 0.2) is 0 Å². The fraction of sp³-hybridized carbons (Fsp3) is 0.714. The van der Waals surface area contributed by atoms with Crippen molar-refractivity contribution in [3.8, 4) is 0 Å². The minimum absolute atomic E-state index is 0.686. The lowest BCUT2D eigenvalue weighted by molar-refractivity contribution is 0.549. The Labute approximate surface area is 114 Å². The van der Waals surface area contributed by atoms with Gasteiger partial charge in [-0.2, -0.15) is 11.8 Å². The van der Waals surface area contributed by atoms with Gasteiger partial charge < -0.3 is 5.32 Å². The van der Waals surface area contributed by atoms with Crippen LogP contribution in [0.1, 0.15) is 49.7 Å². The van der Waals surface area contributed by atoms with Crippen LogP contribution >= 0.6 is 11.8 Å². The average Bonchev–Trinajstić information content (AvgIpc) is 3.14. The molecule has 0 bridgehead atoms. The van der Waals surface area contributed by atoms with Gasteiger partial charge >= 0.3 is 0 Å². The van der Waals surface area contributed by atoms with E-state index in [-0.39, 0.29) is 0 Å². The lowest BCUT2D eigenvalue weighted by Crippen LogP contribution is -2.20. The minimum Gasteiger partial charge on any atom is -0.312 e. The SMILES string of the molecule is CSCc1ncc(CNCC(C)C)c(C2CC2)n1. The van der Waals surface area contributed by atoms with Gasteiger partial charge in [-0.25, -0.2) is 9.97 Å². The molecule has 3 nitrogen and oxygen atoms in total. The third-order valence-electron chi connectivity index (χ3n) is 3.05. The smallest absolute Gasteiger partial charge is 0.138 e. The fourth-order valence-corrected chi connectivity index (χ4v) is 2.40. The number of hydrogen-bond donors (Lipinski definition) is 1. The van der Waals surface area contributed by atoms with Crippen molar-refractivity contribution in [1.82, 2.24) is 15.3 Å². The van der Waals surface area contributed by atoms with Crippen molar-refractivity contribution in [3.05, 3.63) is 23.3 Å². The molecule has 2 rings (SSSR count). The van der Waals surface area contributed by atoms with Crippen LogP contribution in [0.2, 0.25) is 0 Å². The van der Waals surface area contributed by atoms with Gasteiger partial charge in [-0.1, -0.05) is 13.8 Å². The molecule has 1 aliphatic rings. The van der Waals surface area contributed by atoms with Crippen LogP contribution in [0.15, 0.2) is 6.20 Å². The highest BCUT2D eigenvalue weighted by atomic mass is 32.2. The van der Waals surface area contributed by atoms with E-state index in [9.17, 15) is 0 Å². The summed E-state index contributed by atoms with van der Waals surface area (Å²) in [6.45, 7) is 6.42. The summed E-state index contributed by atoms with van der Waals surface area (Å²) in [6.07, 6.45) is 6.72. The first-order valence-electron chi connectivity index (χ1n) is 6.75. The highest BCUT2D eigenvalue weighted by Gasteiger charge is 2.28. The maximum atomic E-state index is 4.75. The molecule has 0 atom stereocenters. The number of aromatic nitrogens is 2. The molecule has 4 heteroatoms. The van der Waals surface area contributed by atoms with Crippen molar-refractivity contribution in [2.75, 3.05) is 12.8 Å². The quantitative estimate of drug-likeness (QED) is 0.822. The van der Waals surface area contributed by atoms with Crippen molar-refractivity contribution >= 4 is 11.8 Å². The topological polar surface area (TPSA) is 37.8 Å². The Morgan fingerprint density at radius 3 is 2.83 bits per heavy atom. The highest BCUT2D eigenvalue weighted by Crippen LogP contribution is 2.40. The van der Waals surface area contributed by atoms with Gasteiger partial charge in [-0.05, 0) is 31.6 Å². The van der Waals surface area contributed by atoms with E-state index in [4.69, 9.17) is 4.98 Å². The van der Waals surface area contributed by atoms with Gasteiger partial charge in [-0.15, -0.1) is 0 Å². The Bertz CT molecular complexity index is 389. The van der Waals surface area contributed by atoms with Crippen molar-refractivity contribution in [1.29, 1.82) is 0 Å². The molecule has 1 heterocycles. The molecule has 1 N–H and O–H groups in total.